The first-order valence-electron chi connectivity index (χ1n) is 10.2. The number of nitrogens with one attached hydrogen (secondary N) is 2. The number of carbonyl (C=O) groups is 2. The lowest BCUT2D eigenvalue weighted by atomic mass is 10.1. The molecule has 0 aliphatic carbocycles. The van der Waals surface area contributed by atoms with Gasteiger partial charge in [0.2, 0.25) is 11.8 Å². The van der Waals surface area contributed by atoms with Crippen LogP contribution in [0.15, 0.2) is 59.1 Å². The van der Waals surface area contributed by atoms with Gasteiger partial charge in [0.15, 0.2) is 5.82 Å². The number of aryl methyl sites for hydroxylation is 3. The average Bonchev–Trinajstić information content (AvgIpc) is 3.16. The molecular weight excluding hydrogens is 410 g/mol. The van der Waals surface area contributed by atoms with Crippen molar-refractivity contribution in [2.45, 2.75) is 38.9 Å². The van der Waals surface area contributed by atoms with Crippen LogP contribution < -0.4 is 10.6 Å². The summed E-state index contributed by atoms with van der Waals surface area (Å²) >= 11 is 1.51. The molecule has 3 rings (SSSR count). The van der Waals surface area contributed by atoms with Crippen molar-refractivity contribution in [2.24, 2.45) is 0 Å². The number of rotatable bonds is 9. The number of benzene rings is 2. The van der Waals surface area contributed by atoms with E-state index in [0.29, 0.717) is 30.2 Å². The van der Waals surface area contributed by atoms with Gasteiger partial charge < -0.3 is 15.2 Å². The highest BCUT2D eigenvalue weighted by atomic mass is 32.2. The molecule has 162 valence electrons. The van der Waals surface area contributed by atoms with Crippen LogP contribution in [-0.4, -0.2) is 22.7 Å². The summed E-state index contributed by atoms with van der Waals surface area (Å²) in [5.41, 5.74) is 3.88. The zero-order valence-corrected chi connectivity index (χ0v) is 18.8. The minimum atomic E-state index is -0.403. The smallest absolute Gasteiger partial charge is 0.243 e. The molecule has 2 N–H and O–H groups in total. The average molecular weight is 438 g/mol. The Kier molecular flexibility index (Phi) is 7.89. The van der Waals surface area contributed by atoms with Crippen LogP contribution >= 0.6 is 11.8 Å². The zero-order valence-electron chi connectivity index (χ0n) is 18.0. The lowest BCUT2D eigenvalue weighted by Crippen LogP contribution is -2.20. The van der Waals surface area contributed by atoms with Gasteiger partial charge in [-0.05, 0) is 49.6 Å². The summed E-state index contributed by atoms with van der Waals surface area (Å²) in [6.45, 7) is 5.74. The van der Waals surface area contributed by atoms with Crippen LogP contribution in [0.2, 0.25) is 0 Å². The van der Waals surface area contributed by atoms with E-state index in [0.717, 1.165) is 22.4 Å². The third kappa shape index (κ3) is 6.46. The van der Waals surface area contributed by atoms with E-state index in [1.807, 2.05) is 62.4 Å². The Labute approximate surface area is 186 Å². The topological polar surface area (TPSA) is 84.2 Å². The Hall–Kier alpha value is -3.06. The first kappa shape index (κ1) is 22.6. The number of carbonyl (C=O) groups excluding carboxylic acids is 2. The lowest BCUT2D eigenvalue weighted by molar-refractivity contribution is -0.116. The Morgan fingerprint density at radius 3 is 2.35 bits per heavy atom. The number of nitrogens with zero attached hydrogens (tertiary/aromatic N) is 1. The highest BCUT2D eigenvalue weighted by Crippen LogP contribution is 2.31. The van der Waals surface area contributed by atoms with E-state index in [1.165, 1.54) is 11.8 Å². The Morgan fingerprint density at radius 1 is 1.00 bits per heavy atom. The predicted molar refractivity (Wildman–Crippen MR) is 125 cm³/mol. The molecule has 7 heteroatoms. The summed E-state index contributed by atoms with van der Waals surface area (Å²) in [5, 5.41) is 9.26. The van der Waals surface area contributed by atoms with Crippen LogP contribution in [0.1, 0.15) is 40.5 Å². The van der Waals surface area contributed by atoms with Gasteiger partial charge in [-0.3, -0.25) is 9.59 Å². The summed E-state index contributed by atoms with van der Waals surface area (Å²) in [7, 11) is 0. The largest absolute Gasteiger partial charge is 0.360 e. The molecule has 0 fully saturated rings. The quantitative estimate of drug-likeness (QED) is 0.436. The normalized spacial score (nSPS) is 11.7. The molecule has 0 saturated heterocycles. The number of hydrogen-bond acceptors (Lipinski definition) is 5. The molecule has 0 bridgehead atoms. The van der Waals surface area contributed by atoms with Gasteiger partial charge >= 0.3 is 0 Å². The number of thioether (sulfide) groups is 1. The van der Waals surface area contributed by atoms with E-state index in [9.17, 15) is 9.59 Å². The van der Waals surface area contributed by atoms with Crippen molar-refractivity contribution in [1.29, 1.82) is 0 Å². The standard InChI is InChI=1S/C24H27N3O3S/c1-16-9-7-10-17(2)22(16)26-21(28)13-8-14-31-23(19-11-5-4-6-12-19)24(29)25-20-15-18(3)30-27-20/h4-7,9-12,15,23H,8,13-14H2,1-3H3,(H,26,28)(H,25,27,29). The van der Waals surface area contributed by atoms with E-state index in [4.69, 9.17) is 4.52 Å². The predicted octanol–water partition coefficient (Wildman–Crippen LogP) is 5.43. The van der Waals surface area contributed by atoms with Crippen LogP contribution in [-0.2, 0) is 9.59 Å². The molecule has 31 heavy (non-hydrogen) atoms. The van der Waals surface area contributed by atoms with E-state index in [-0.39, 0.29) is 11.8 Å². The van der Waals surface area contributed by atoms with E-state index < -0.39 is 5.25 Å². The summed E-state index contributed by atoms with van der Waals surface area (Å²) in [4.78, 5) is 25.3. The second kappa shape index (κ2) is 10.8. The molecular formula is C24H27N3O3S. The van der Waals surface area contributed by atoms with E-state index >= 15 is 0 Å². The van der Waals surface area contributed by atoms with E-state index in [2.05, 4.69) is 15.8 Å². The Bertz CT molecular complexity index is 1010. The first-order chi connectivity index (χ1) is 14.9. The molecule has 1 aromatic heterocycles. The maximum absolute atomic E-state index is 12.9. The minimum absolute atomic E-state index is 0.0169. The SMILES string of the molecule is Cc1cc(NC(=O)C(SCCCC(=O)Nc2c(C)cccc2C)c2ccccc2)no1. The van der Waals surface area contributed by atoms with Crippen LogP contribution in [0, 0.1) is 20.8 Å². The van der Waals surface area contributed by atoms with Crippen molar-refractivity contribution in [3.8, 4) is 0 Å². The van der Waals surface area contributed by atoms with Crippen molar-refractivity contribution in [3.63, 3.8) is 0 Å². The van der Waals surface area contributed by atoms with Crippen LogP contribution in [0.5, 0.6) is 0 Å². The molecule has 0 saturated carbocycles. The Morgan fingerprint density at radius 2 is 1.71 bits per heavy atom. The maximum Gasteiger partial charge on any atom is 0.243 e. The third-order valence-electron chi connectivity index (χ3n) is 4.80. The second-order valence-corrected chi connectivity index (χ2v) is 8.61. The number of para-hydroxylation sites is 1. The van der Waals surface area contributed by atoms with Crippen molar-refractivity contribution >= 4 is 35.1 Å². The highest BCUT2D eigenvalue weighted by Gasteiger charge is 2.22. The minimum Gasteiger partial charge on any atom is -0.360 e. The van der Waals surface area contributed by atoms with Crippen molar-refractivity contribution in [1.82, 2.24) is 5.16 Å². The van der Waals surface area contributed by atoms with Gasteiger partial charge in [0.05, 0.1) is 0 Å². The van der Waals surface area contributed by atoms with Gasteiger partial charge in [0.1, 0.15) is 11.0 Å². The van der Waals surface area contributed by atoms with Crippen molar-refractivity contribution < 1.29 is 14.1 Å². The van der Waals surface area contributed by atoms with Crippen molar-refractivity contribution in [3.05, 3.63) is 77.0 Å². The number of anilines is 2. The van der Waals surface area contributed by atoms with E-state index in [1.54, 1.807) is 13.0 Å². The first-order valence-corrected chi connectivity index (χ1v) is 11.3. The van der Waals surface area contributed by atoms with Crippen LogP contribution in [0.3, 0.4) is 0 Å². The molecule has 0 aliphatic heterocycles. The molecule has 1 heterocycles. The second-order valence-electron chi connectivity index (χ2n) is 7.39. The van der Waals surface area contributed by atoms with Gasteiger partial charge in [-0.1, -0.05) is 53.7 Å². The fourth-order valence-electron chi connectivity index (χ4n) is 3.22. The van der Waals surface area contributed by atoms with Crippen LogP contribution in [0.4, 0.5) is 11.5 Å². The molecule has 2 aromatic carbocycles. The monoisotopic (exact) mass is 437 g/mol. The lowest BCUT2D eigenvalue weighted by Gasteiger charge is -2.16. The van der Waals surface area contributed by atoms with Gasteiger partial charge in [0.25, 0.3) is 0 Å². The maximum atomic E-state index is 12.9. The van der Waals surface area contributed by atoms with Gasteiger partial charge in [-0.15, -0.1) is 11.8 Å². The van der Waals surface area contributed by atoms with Gasteiger partial charge in [-0.25, -0.2) is 0 Å². The van der Waals surface area contributed by atoms with Crippen LogP contribution in [0.25, 0.3) is 0 Å². The van der Waals surface area contributed by atoms with Crippen molar-refractivity contribution in [2.75, 3.05) is 16.4 Å². The number of amides is 2. The zero-order chi connectivity index (χ0) is 22.2. The molecule has 1 atom stereocenters. The number of hydrogen-bond donors (Lipinski definition) is 2. The fraction of sp³-hybridized carbons (Fsp3) is 0.292. The summed E-state index contributed by atoms with van der Waals surface area (Å²) in [6.07, 6.45) is 1.06. The summed E-state index contributed by atoms with van der Waals surface area (Å²) in [5.74, 6) is 1.53. The molecule has 2 amide bonds. The highest BCUT2D eigenvalue weighted by molar-refractivity contribution is 8.00. The third-order valence-corrected chi connectivity index (χ3v) is 6.14. The van der Waals surface area contributed by atoms with Gasteiger partial charge in [-0.2, -0.15) is 0 Å². The Balaban J connectivity index is 1.55. The molecule has 0 radical (unpaired) electrons. The van der Waals surface area contributed by atoms with Gasteiger partial charge in [0, 0.05) is 18.2 Å². The fourth-order valence-corrected chi connectivity index (χ4v) is 4.32. The number of aromatic nitrogens is 1. The molecule has 6 nitrogen and oxygen atoms in total. The molecule has 0 aliphatic rings. The summed E-state index contributed by atoms with van der Waals surface area (Å²) < 4.78 is 5.03. The molecule has 1 unspecified atom stereocenters. The molecule has 0 spiro atoms. The summed E-state index contributed by atoms with van der Waals surface area (Å²) in [6, 6.07) is 17.2. The molecule has 3 aromatic rings.